The maximum atomic E-state index is 10.1. The van der Waals surface area contributed by atoms with Gasteiger partial charge in [0.25, 0.3) is 0 Å². The molecular weight excluding hydrogens is 288 g/mol. The molecule has 2 rings (SSSR count). The fraction of sp³-hybridized carbons (Fsp3) is 0.667. The number of nitrogens with one attached hydrogen (secondary N) is 2. The molecule has 1 aliphatic rings. The summed E-state index contributed by atoms with van der Waals surface area (Å²) < 4.78 is 0. The number of nitrogens with zero attached hydrogens (tertiary/aromatic N) is 2. The van der Waals surface area contributed by atoms with E-state index in [2.05, 4.69) is 60.1 Å². The third-order valence-electron chi connectivity index (χ3n) is 4.03. The topological polar surface area (TPSA) is 70.1 Å². The molecule has 1 aromatic heterocycles. The Morgan fingerprint density at radius 2 is 2.04 bits per heavy atom. The van der Waals surface area contributed by atoms with E-state index in [9.17, 15) is 5.11 Å². The van der Waals surface area contributed by atoms with E-state index in [1.807, 2.05) is 0 Å². The summed E-state index contributed by atoms with van der Waals surface area (Å²) in [6.45, 7) is 10.1. The lowest BCUT2D eigenvalue weighted by Crippen LogP contribution is -2.35. The summed E-state index contributed by atoms with van der Waals surface area (Å²) in [6.07, 6.45) is 4.29. The van der Waals surface area contributed by atoms with Crippen LogP contribution in [0.15, 0.2) is 6.20 Å². The predicted octanol–water partition coefficient (Wildman–Crippen LogP) is 3.02. The summed E-state index contributed by atoms with van der Waals surface area (Å²) in [6, 6.07) is 0.219. The van der Waals surface area contributed by atoms with Crippen molar-refractivity contribution < 1.29 is 5.11 Å². The van der Waals surface area contributed by atoms with Gasteiger partial charge in [-0.3, -0.25) is 0 Å². The van der Waals surface area contributed by atoms with Gasteiger partial charge in [-0.1, -0.05) is 12.8 Å². The Labute approximate surface area is 139 Å². The summed E-state index contributed by atoms with van der Waals surface area (Å²) >= 11 is 0. The van der Waals surface area contributed by atoms with Gasteiger partial charge in [0.15, 0.2) is 0 Å². The maximum absolute atomic E-state index is 10.1. The van der Waals surface area contributed by atoms with E-state index in [-0.39, 0.29) is 17.7 Å². The van der Waals surface area contributed by atoms with Crippen molar-refractivity contribution in [3.63, 3.8) is 0 Å². The van der Waals surface area contributed by atoms with Gasteiger partial charge in [0.1, 0.15) is 5.82 Å². The lowest BCUT2D eigenvalue weighted by Gasteiger charge is -2.32. The highest BCUT2D eigenvalue weighted by molar-refractivity contribution is 5.56. The van der Waals surface area contributed by atoms with Crippen LogP contribution in [0.3, 0.4) is 0 Å². The van der Waals surface area contributed by atoms with E-state index in [0.717, 1.165) is 30.6 Å². The molecule has 1 saturated carbocycles. The SMILES string of the molecule is CC#Cc1cnc(NC(C)(C)C)nc1N[C@@H]1CC[C@@H](C)[C@H](O)C1. The lowest BCUT2D eigenvalue weighted by atomic mass is 9.85. The number of anilines is 2. The van der Waals surface area contributed by atoms with Crippen molar-refractivity contribution in [1.82, 2.24) is 9.97 Å². The van der Waals surface area contributed by atoms with E-state index < -0.39 is 0 Å². The molecule has 1 aliphatic carbocycles. The van der Waals surface area contributed by atoms with Crippen molar-refractivity contribution in [2.75, 3.05) is 10.6 Å². The van der Waals surface area contributed by atoms with Crippen LogP contribution in [0.25, 0.3) is 0 Å². The molecule has 1 aromatic rings. The number of aliphatic hydroxyl groups is 1. The quantitative estimate of drug-likeness (QED) is 0.748. The van der Waals surface area contributed by atoms with Crippen LogP contribution in [0.2, 0.25) is 0 Å². The second-order valence-electron chi connectivity index (χ2n) is 7.40. The zero-order valence-corrected chi connectivity index (χ0v) is 14.8. The van der Waals surface area contributed by atoms with Gasteiger partial charge in [0, 0.05) is 11.6 Å². The fourth-order valence-electron chi connectivity index (χ4n) is 2.74. The summed E-state index contributed by atoms with van der Waals surface area (Å²) in [7, 11) is 0. The molecule has 0 aromatic carbocycles. The fourth-order valence-corrected chi connectivity index (χ4v) is 2.74. The molecule has 3 N–H and O–H groups in total. The Morgan fingerprint density at radius 3 is 2.65 bits per heavy atom. The number of hydrogen-bond donors (Lipinski definition) is 3. The van der Waals surface area contributed by atoms with Gasteiger partial charge in [0.2, 0.25) is 5.95 Å². The molecule has 0 unspecified atom stereocenters. The van der Waals surface area contributed by atoms with Crippen LogP contribution in [0.5, 0.6) is 0 Å². The number of rotatable bonds is 3. The molecule has 0 radical (unpaired) electrons. The highest BCUT2D eigenvalue weighted by Gasteiger charge is 2.26. The smallest absolute Gasteiger partial charge is 0.225 e. The standard InChI is InChI=1S/C18H28N4O/c1-6-7-13-11-19-17(22-18(3,4)5)21-16(13)20-14-9-8-12(2)15(23)10-14/h11-12,14-15,23H,8-10H2,1-5H3,(H2,19,20,21,22)/t12-,14-,15-/m1/s1. The molecule has 0 aliphatic heterocycles. The van der Waals surface area contributed by atoms with Gasteiger partial charge < -0.3 is 15.7 Å². The molecule has 1 fully saturated rings. The minimum Gasteiger partial charge on any atom is -0.393 e. The molecule has 126 valence electrons. The maximum Gasteiger partial charge on any atom is 0.225 e. The minimum absolute atomic E-state index is 0.105. The Morgan fingerprint density at radius 1 is 1.30 bits per heavy atom. The van der Waals surface area contributed by atoms with Crippen molar-refractivity contribution in [3.8, 4) is 11.8 Å². The third kappa shape index (κ3) is 5.11. The van der Waals surface area contributed by atoms with Gasteiger partial charge in [-0.15, -0.1) is 5.92 Å². The van der Waals surface area contributed by atoms with Crippen molar-refractivity contribution >= 4 is 11.8 Å². The third-order valence-corrected chi connectivity index (χ3v) is 4.03. The van der Waals surface area contributed by atoms with Crippen LogP contribution in [0, 0.1) is 17.8 Å². The van der Waals surface area contributed by atoms with E-state index >= 15 is 0 Å². The molecule has 0 saturated heterocycles. The Balaban J connectivity index is 2.19. The zero-order valence-electron chi connectivity index (χ0n) is 14.8. The van der Waals surface area contributed by atoms with Crippen molar-refractivity contribution in [1.29, 1.82) is 0 Å². The highest BCUT2D eigenvalue weighted by Crippen LogP contribution is 2.27. The molecule has 5 heteroatoms. The van der Waals surface area contributed by atoms with Gasteiger partial charge >= 0.3 is 0 Å². The van der Waals surface area contributed by atoms with Crippen LogP contribution in [0.4, 0.5) is 11.8 Å². The largest absolute Gasteiger partial charge is 0.393 e. The number of aliphatic hydroxyl groups excluding tert-OH is 1. The lowest BCUT2D eigenvalue weighted by molar-refractivity contribution is 0.0739. The van der Waals surface area contributed by atoms with E-state index in [0.29, 0.717) is 11.9 Å². The normalized spacial score (nSPS) is 24.5. The monoisotopic (exact) mass is 316 g/mol. The average Bonchev–Trinajstić information content (AvgIpc) is 2.44. The van der Waals surface area contributed by atoms with Crippen LogP contribution < -0.4 is 10.6 Å². The highest BCUT2D eigenvalue weighted by atomic mass is 16.3. The second-order valence-corrected chi connectivity index (χ2v) is 7.40. The first-order valence-electron chi connectivity index (χ1n) is 8.31. The molecule has 0 bridgehead atoms. The molecule has 0 spiro atoms. The molecule has 0 amide bonds. The first-order valence-corrected chi connectivity index (χ1v) is 8.31. The summed E-state index contributed by atoms with van der Waals surface area (Å²) in [4.78, 5) is 8.95. The Bertz CT molecular complexity index is 597. The van der Waals surface area contributed by atoms with E-state index in [4.69, 9.17) is 0 Å². The molecule has 3 atom stereocenters. The van der Waals surface area contributed by atoms with Gasteiger partial charge in [-0.05, 0) is 52.9 Å². The van der Waals surface area contributed by atoms with Crippen molar-refractivity contribution in [3.05, 3.63) is 11.8 Å². The zero-order chi connectivity index (χ0) is 17.0. The van der Waals surface area contributed by atoms with E-state index in [1.165, 1.54) is 0 Å². The first-order chi connectivity index (χ1) is 10.8. The second kappa shape index (κ2) is 7.18. The van der Waals surface area contributed by atoms with Crippen molar-refractivity contribution in [2.24, 2.45) is 5.92 Å². The minimum atomic E-state index is -0.254. The Kier molecular flexibility index (Phi) is 5.48. The first kappa shape index (κ1) is 17.6. The van der Waals surface area contributed by atoms with Gasteiger partial charge in [0.05, 0.1) is 17.9 Å². The summed E-state index contributed by atoms with van der Waals surface area (Å²) in [5.41, 5.74) is 0.686. The van der Waals surface area contributed by atoms with Crippen LogP contribution in [-0.4, -0.2) is 32.8 Å². The predicted molar refractivity (Wildman–Crippen MR) is 94.4 cm³/mol. The average molecular weight is 316 g/mol. The number of hydrogen-bond acceptors (Lipinski definition) is 5. The van der Waals surface area contributed by atoms with Crippen LogP contribution >= 0.6 is 0 Å². The molecule has 1 heterocycles. The van der Waals surface area contributed by atoms with Crippen LogP contribution in [0.1, 0.15) is 59.4 Å². The number of aromatic nitrogens is 2. The summed E-state index contributed by atoms with van der Waals surface area (Å²) in [5.74, 6) is 7.65. The van der Waals surface area contributed by atoms with Crippen molar-refractivity contribution in [2.45, 2.75) is 71.6 Å². The summed E-state index contributed by atoms with van der Waals surface area (Å²) in [5, 5.41) is 16.8. The van der Waals surface area contributed by atoms with E-state index in [1.54, 1.807) is 13.1 Å². The van der Waals surface area contributed by atoms with Gasteiger partial charge in [-0.2, -0.15) is 4.98 Å². The molecule has 5 nitrogen and oxygen atoms in total. The molecule has 23 heavy (non-hydrogen) atoms. The van der Waals surface area contributed by atoms with Crippen LogP contribution in [-0.2, 0) is 0 Å². The van der Waals surface area contributed by atoms with Gasteiger partial charge in [-0.25, -0.2) is 4.98 Å². The molecular formula is C18H28N4O. The Hall–Kier alpha value is -1.80.